The summed E-state index contributed by atoms with van der Waals surface area (Å²) in [7, 11) is -3.83. The molecule has 1 atom stereocenters. The van der Waals surface area contributed by atoms with Crippen LogP contribution in [0.25, 0.3) is 0 Å². The van der Waals surface area contributed by atoms with Crippen molar-refractivity contribution >= 4 is 21.7 Å². The van der Waals surface area contributed by atoms with Crippen molar-refractivity contribution < 1.29 is 17.9 Å². The maximum atomic E-state index is 12.6. The number of sulfonamides is 1. The van der Waals surface area contributed by atoms with Crippen LogP contribution in [0.15, 0.2) is 59.5 Å². The van der Waals surface area contributed by atoms with Crippen LogP contribution in [0.1, 0.15) is 24.9 Å². The lowest BCUT2D eigenvalue weighted by molar-refractivity contribution is -0.143. The predicted octanol–water partition coefficient (Wildman–Crippen LogP) is 2.24. The Morgan fingerprint density at radius 1 is 1.17 bits per heavy atom. The largest absolute Gasteiger partial charge is 0.466 e. The second-order valence-corrected chi connectivity index (χ2v) is 6.88. The van der Waals surface area contributed by atoms with Crippen LogP contribution in [-0.2, 0) is 19.6 Å². The Kier molecular flexibility index (Phi) is 5.94. The normalized spacial score (nSPS) is 12.5. The van der Waals surface area contributed by atoms with Crippen molar-refractivity contribution in [2.24, 2.45) is 0 Å². The average molecular weight is 348 g/mol. The number of ether oxygens (including phenoxy) is 1. The molecule has 24 heavy (non-hydrogen) atoms. The molecule has 0 aliphatic heterocycles. The third-order valence-corrected chi connectivity index (χ3v) is 4.81. The molecular formula is C17H20N2O4S. The van der Waals surface area contributed by atoms with Gasteiger partial charge in [-0.3, -0.25) is 4.79 Å². The van der Waals surface area contributed by atoms with E-state index in [-0.39, 0.29) is 17.9 Å². The molecule has 0 bridgehead atoms. The number of carbonyl (C=O) groups excluding carboxylic acids is 1. The van der Waals surface area contributed by atoms with Gasteiger partial charge in [0.25, 0.3) is 0 Å². The van der Waals surface area contributed by atoms with Gasteiger partial charge in [-0.1, -0.05) is 36.4 Å². The maximum Gasteiger partial charge on any atom is 0.307 e. The Morgan fingerprint density at radius 3 is 2.50 bits per heavy atom. The van der Waals surface area contributed by atoms with E-state index in [9.17, 15) is 13.2 Å². The van der Waals surface area contributed by atoms with Gasteiger partial charge in [0.2, 0.25) is 10.0 Å². The number of rotatable bonds is 7. The first-order chi connectivity index (χ1) is 11.4. The van der Waals surface area contributed by atoms with Gasteiger partial charge in [0.05, 0.1) is 24.0 Å². The molecule has 128 valence electrons. The molecule has 0 fully saturated rings. The van der Waals surface area contributed by atoms with E-state index >= 15 is 0 Å². The van der Waals surface area contributed by atoms with Crippen LogP contribution in [0.4, 0.5) is 5.69 Å². The second-order valence-electron chi connectivity index (χ2n) is 5.17. The number of nitrogens with one attached hydrogen (secondary N) is 1. The lowest BCUT2D eigenvalue weighted by atomic mass is 10.1. The van der Waals surface area contributed by atoms with Crippen LogP contribution in [0.3, 0.4) is 0 Å². The highest BCUT2D eigenvalue weighted by atomic mass is 32.2. The van der Waals surface area contributed by atoms with Gasteiger partial charge in [-0.05, 0) is 30.7 Å². The molecule has 0 heterocycles. The molecule has 6 nitrogen and oxygen atoms in total. The van der Waals surface area contributed by atoms with Gasteiger partial charge in [-0.15, -0.1) is 0 Å². The molecule has 2 rings (SSSR count). The van der Waals surface area contributed by atoms with Crippen LogP contribution in [-0.4, -0.2) is 21.0 Å². The predicted molar refractivity (Wildman–Crippen MR) is 91.6 cm³/mol. The fourth-order valence-corrected chi connectivity index (χ4v) is 3.52. The molecule has 2 aromatic carbocycles. The zero-order valence-electron chi connectivity index (χ0n) is 13.3. The van der Waals surface area contributed by atoms with Crippen molar-refractivity contribution in [1.82, 2.24) is 4.72 Å². The molecule has 0 aromatic heterocycles. The number of nitrogen functional groups attached to an aromatic ring is 1. The molecule has 0 aliphatic carbocycles. The average Bonchev–Trinajstić information content (AvgIpc) is 2.55. The zero-order valence-corrected chi connectivity index (χ0v) is 14.1. The first kappa shape index (κ1) is 18.0. The monoisotopic (exact) mass is 348 g/mol. The van der Waals surface area contributed by atoms with Crippen molar-refractivity contribution in [3.05, 3.63) is 60.2 Å². The number of benzene rings is 2. The van der Waals surface area contributed by atoms with Gasteiger partial charge in [0.15, 0.2) is 0 Å². The molecule has 7 heteroatoms. The van der Waals surface area contributed by atoms with E-state index < -0.39 is 22.0 Å². The Bertz CT molecular complexity index is 791. The number of nitrogens with two attached hydrogens (primary N) is 1. The molecule has 0 saturated heterocycles. The van der Waals surface area contributed by atoms with Gasteiger partial charge < -0.3 is 10.5 Å². The first-order valence-corrected chi connectivity index (χ1v) is 8.99. The summed E-state index contributed by atoms with van der Waals surface area (Å²) in [5.74, 6) is -0.471. The summed E-state index contributed by atoms with van der Waals surface area (Å²) >= 11 is 0. The minimum absolute atomic E-state index is 0.0484. The molecule has 0 spiro atoms. The van der Waals surface area contributed by atoms with E-state index in [4.69, 9.17) is 10.5 Å². The Labute approximate surface area is 141 Å². The summed E-state index contributed by atoms with van der Waals surface area (Å²) < 4.78 is 32.7. The fourth-order valence-electron chi connectivity index (χ4n) is 2.24. The number of carbonyl (C=O) groups is 1. The lowest BCUT2D eigenvalue weighted by Crippen LogP contribution is -2.30. The van der Waals surface area contributed by atoms with Crippen molar-refractivity contribution in [3.8, 4) is 0 Å². The molecular weight excluding hydrogens is 328 g/mol. The fraction of sp³-hybridized carbons (Fsp3) is 0.235. The van der Waals surface area contributed by atoms with Crippen molar-refractivity contribution in [1.29, 1.82) is 0 Å². The third kappa shape index (κ3) is 4.81. The van der Waals surface area contributed by atoms with Crippen molar-refractivity contribution in [3.63, 3.8) is 0 Å². The molecule has 1 unspecified atom stereocenters. The number of anilines is 1. The van der Waals surface area contributed by atoms with E-state index in [1.165, 1.54) is 12.1 Å². The molecule has 0 radical (unpaired) electrons. The second kappa shape index (κ2) is 7.94. The molecule has 0 aliphatic rings. The van der Waals surface area contributed by atoms with Gasteiger partial charge in [0.1, 0.15) is 0 Å². The van der Waals surface area contributed by atoms with E-state index in [1.54, 1.807) is 43.3 Å². The van der Waals surface area contributed by atoms with Crippen molar-refractivity contribution in [2.75, 3.05) is 12.3 Å². The summed E-state index contributed by atoms with van der Waals surface area (Å²) in [6.07, 6.45) is -0.0978. The van der Waals surface area contributed by atoms with E-state index in [0.29, 0.717) is 11.3 Å². The van der Waals surface area contributed by atoms with Crippen LogP contribution >= 0.6 is 0 Å². The summed E-state index contributed by atoms with van der Waals surface area (Å²) in [6, 6.07) is 14.1. The maximum absolute atomic E-state index is 12.6. The van der Waals surface area contributed by atoms with E-state index in [1.807, 2.05) is 6.07 Å². The van der Waals surface area contributed by atoms with E-state index in [2.05, 4.69) is 4.72 Å². The minimum atomic E-state index is -3.83. The summed E-state index contributed by atoms with van der Waals surface area (Å²) in [6.45, 7) is 1.94. The van der Waals surface area contributed by atoms with Crippen LogP contribution < -0.4 is 10.5 Å². The highest BCUT2D eigenvalue weighted by molar-refractivity contribution is 7.89. The number of hydrogen-bond donors (Lipinski definition) is 2. The highest BCUT2D eigenvalue weighted by Crippen LogP contribution is 2.21. The lowest BCUT2D eigenvalue weighted by Gasteiger charge is -2.18. The smallest absolute Gasteiger partial charge is 0.307 e. The van der Waals surface area contributed by atoms with Crippen LogP contribution in [0.5, 0.6) is 0 Å². The molecule has 0 saturated carbocycles. The van der Waals surface area contributed by atoms with E-state index in [0.717, 1.165) is 0 Å². The number of esters is 1. The van der Waals surface area contributed by atoms with Crippen molar-refractivity contribution in [2.45, 2.75) is 24.3 Å². The standard InChI is InChI=1S/C17H20N2O4S/c1-2-23-17(20)12-16(13-7-4-3-5-8-13)19-24(21,22)15-10-6-9-14(18)11-15/h3-11,16,19H,2,12,18H2,1H3. The molecule has 2 aromatic rings. The molecule has 3 N–H and O–H groups in total. The highest BCUT2D eigenvalue weighted by Gasteiger charge is 2.24. The summed E-state index contributed by atoms with van der Waals surface area (Å²) in [4.78, 5) is 11.9. The number of hydrogen-bond acceptors (Lipinski definition) is 5. The van der Waals surface area contributed by atoms with Gasteiger partial charge in [-0.25, -0.2) is 13.1 Å². The minimum Gasteiger partial charge on any atom is -0.466 e. The summed E-state index contributed by atoms with van der Waals surface area (Å²) in [5, 5.41) is 0. The summed E-state index contributed by atoms with van der Waals surface area (Å²) in [5.41, 5.74) is 6.68. The van der Waals surface area contributed by atoms with Gasteiger partial charge in [-0.2, -0.15) is 0 Å². The zero-order chi connectivity index (χ0) is 17.6. The Balaban J connectivity index is 2.29. The van der Waals surface area contributed by atoms with Gasteiger partial charge in [0, 0.05) is 5.69 Å². The first-order valence-electron chi connectivity index (χ1n) is 7.51. The molecule has 0 amide bonds. The quantitative estimate of drug-likeness (QED) is 0.591. The SMILES string of the molecule is CCOC(=O)CC(NS(=O)(=O)c1cccc(N)c1)c1ccccc1. The van der Waals surface area contributed by atoms with Crippen LogP contribution in [0, 0.1) is 0 Å². The Morgan fingerprint density at radius 2 is 1.88 bits per heavy atom. The Hall–Kier alpha value is -2.38. The third-order valence-electron chi connectivity index (χ3n) is 3.34. The van der Waals surface area contributed by atoms with Crippen LogP contribution in [0.2, 0.25) is 0 Å². The topological polar surface area (TPSA) is 98.5 Å². The van der Waals surface area contributed by atoms with Gasteiger partial charge >= 0.3 is 5.97 Å².